The number of amides is 1. The number of hydrogen-bond acceptors (Lipinski definition) is 2. The molecule has 1 aliphatic heterocycles. The second-order valence-electron chi connectivity index (χ2n) is 5.66. The smallest absolute Gasteiger partial charge is 0.320 e. The number of aromatic nitrogens is 1. The van der Waals surface area contributed by atoms with Crippen LogP contribution >= 0.6 is 0 Å². The summed E-state index contributed by atoms with van der Waals surface area (Å²) in [5, 5.41) is 11.7. The Hall–Kier alpha value is -1.58. The van der Waals surface area contributed by atoms with E-state index >= 15 is 0 Å². The van der Waals surface area contributed by atoms with Gasteiger partial charge in [-0.1, -0.05) is 12.8 Å². The topological polar surface area (TPSA) is 47.2 Å². The van der Waals surface area contributed by atoms with Crippen molar-refractivity contribution in [3.8, 4) is 0 Å². The van der Waals surface area contributed by atoms with Crippen molar-refractivity contribution in [2.75, 3.05) is 6.54 Å². The molecule has 4 heteroatoms. The highest BCUT2D eigenvalue weighted by Crippen LogP contribution is 2.35. The molecule has 1 amide bonds. The predicted molar refractivity (Wildman–Crippen MR) is 71.4 cm³/mol. The monoisotopic (exact) mass is 260 g/mol. The van der Waals surface area contributed by atoms with E-state index in [-0.39, 0.29) is 11.6 Å². The van der Waals surface area contributed by atoms with E-state index in [4.69, 9.17) is 0 Å². The van der Waals surface area contributed by atoms with E-state index in [1.165, 1.54) is 31.9 Å². The van der Waals surface area contributed by atoms with Crippen LogP contribution in [-0.2, 0) is 0 Å². The molecule has 1 aliphatic carbocycles. The van der Waals surface area contributed by atoms with Crippen molar-refractivity contribution in [1.82, 2.24) is 4.90 Å². The van der Waals surface area contributed by atoms with Crippen LogP contribution in [0.2, 0.25) is 0 Å². The molecule has 1 aromatic heterocycles. The molecule has 1 aromatic rings. The fraction of sp³-hybridized carbons (Fsp3) is 0.600. The number of carbonyl (C=O) groups excluding carboxylic acids is 1. The summed E-state index contributed by atoms with van der Waals surface area (Å²) in [4.78, 5) is 14.5. The summed E-state index contributed by atoms with van der Waals surface area (Å²) in [5.74, 6) is 0.556. The average Bonchev–Trinajstić information content (AvgIpc) is 3.09. The van der Waals surface area contributed by atoms with Gasteiger partial charge in [-0.15, -0.1) is 0 Å². The van der Waals surface area contributed by atoms with Crippen molar-refractivity contribution in [3.05, 3.63) is 35.3 Å². The standard InChI is InChI=1S/C15H20N2O2/c18-15(14-8-3-4-11-17(14)19)16-10-5-9-13(16)12-6-1-2-7-12/h3-4,8,11-13H,1-2,5-7,9-10H2. The Balaban J connectivity index is 1.80. The van der Waals surface area contributed by atoms with Crippen LogP contribution < -0.4 is 4.73 Å². The SMILES string of the molecule is O=C(c1cccc[n+]1[O-])N1CCCC1C1CCCC1. The molecule has 1 saturated heterocycles. The van der Waals surface area contributed by atoms with Gasteiger partial charge in [0.2, 0.25) is 0 Å². The Labute approximate surface area is 113 Å². The van der Waals surface area contributed by atoms with Crippen LogP contribution in [0.4, 0.5) is 0 Å². The third kappa shape index (κ3) is 2.31. The normalized spacial score (nSPS) is 24.0. The van der Waals surface area contributed by atoms with Crippen LogP contribution in [0.5, 0.6) is 0 Å². The van der Waals surface area contributed by atoms with E-state index in [0.717, 1.165) is 19.4 Å². The fourth-order valence-electron chi connectivity index (χ4n) is 3.62. The van der Waals surface area contributed by atoms with Crippen molar-refractivity contribution in [2.24, 2.45) is 5.92 Å². The lowest BCUT2D eigenvalue weighted by Crippen LogP contribution is -2.45. The van der Waals surface area contributed by atoms with E-state index in [1.54, 1.807) is 18.2 Å². The molecule has 1 unspecified atom stereocenters. The Kier molecular flexibility index (Phi) is 3.40. The van der Waals surface area contributed by atoms with E-state index < -0.39 is 0 Å². The van der Waals surface area contributed by atoms with Gasteiger partial charge in [0.1, 0.15) is 0 Å². The number of rotatable bonds is 2. The van der Waals surface area contributed by atoms with Crippen molar-refractivity contribution in [1.29, 1.82) is 0 Å². The molecular formula is C15H20N2O2. The molecule has 1 saturated carbocycles. The van der Waals surface area contributed by atoms with Crippen molar-refractivity contribution < 1.29 is 9.52 Å². The van der Waals surface area contributed by atoms with Gasteiger partial charge in [0.15, 0.2) is 6.20 Å². The van der Waals surface area contributed by atoms with Crippen LogP contribution in [0.1, 0.15) is 49.0 Å². The minimum atomic E-state index is -0.0926. The maximum Gasteiger partial charge on any atom is 0.320 e. The summed E-state index contributed by atoms with van der Waals surface area (Å²) < 4.78 is 0.687. The first-order valence-electron chi connectivity index (χ1n) is 7.26. The first-order chi connectivity index (χ1) is 9.27. The van der Waals surface area contributed by atoms with Crippen LogP contribution in [0, 0.1) is 11.1 Å². The number of hydrogen-bond donors (Lipinski definition) is 0. The zero-order valence-electron chi connectivity index (χ0n) is 11.1. The van der Waals surface area contributed by atoms with E-state index in [2.05, 4.69) is 0 Å². The quantitative estimate of drug-likeness (QED) is 0.604. The second-order valence-corrected chi connectivity index (χ2v) is 5.66. The van der Waals surface area contributed by atoms with Gasteiger partial charge in [0.05, 0.1) is 0 Å². The Bertz CT molecular complexity index is 469. The minimum Gasteiger partial charge on any atom is -0.618 e. The lowest BCUT2D eigenvalue weighted by molar-refractivity contribution is -0.608. The maximum atomic E-state index is 12.5. The van der Waals surface area contributed by atoms with Crippen molar-refractivity contribution >= 4 is 5.91 Å². The summed E-state index contributed by atoms with van der Waals surface area (Å²) in [7, 11) is 0. The zero-order valence-corrected chi connectivity index (χ0v) is 11.1. The third-order valence-electron chi connectivity index (χ3n) is 4.55. The molecule has 2 aliphatic rings. The van der Waals surface area contributed by atoms with Gasteiger partial charge >= 0.3 is 5.91 Å². The van der Waals surface area contributed by atoms with Gasteiger partial charge in [0, 0.05) is 24.7 Å². The van der Waals surface area contributed by atoms with Gasteiger partial charge in [-0.3, -0.25) is 4.79 Å². The molecule has 1 atom stereocenters. The Morgan fingerprint density at radius 1 is 1.21 bits per heavy atom. The number of likely N-dealkylation sites (tertiary alicyclic amines) is 1. The van der Waals surface area contributed by atoms with Gasteiger partial charge in [-0.2, -0.15) is 4.73 Å². The van der Waals surface area contributed by atoms with E-state index in [0.29, 0.717) is 16.7 Å². The van der Waals surface area contributed by atoms with Crippen LogP contribution in [0.25, 0.3) is 0 Å². The molecule has 0 aromatic carbocycles. The number of nitrogens with zero attached hydrogens (tertiary/aromatic N) is 2. The molecule has 3 rings (SSSR count). The molecular weight excluding hydrogens is 240 g/mol. The first-order valence-corrected chi connectivity index (χ1v) is 7.26. The molecule has 0 N–H and O–H groups in total. The van der Waals surface area contributed by atoms with E-state index in [1.807, 2.05) is 4.90 Å². The summed E-state index contributed by atoms with van der Waals surface area (Å²) in [6, 6.07) is 5.39. The fourth-order valence-corrected chi connectivity index (χ4v) is 3.62. The largest absolute Gasteiger partial charge is 0.618 e. The van der Waals surface area contributed by atoms with Crippen molar-refractivity contribution in [3.63, 3.8) is 0 Å². The molecule has 102 valence electrons. The lowest BCUT2D eigenvalue weighted by Gasteiger charge is -2.28. The molecule has 0 bridgehead atoms. The highest BCUT2D eigenvalue weighted by Gasteiger charge is 2.38. The highest BCUT2D eigenvalue weighted by atomic mass is 16.5. The average molecular weight is 260 g/mol. The maximum absolute atomic E-state index is 12.5. The third-order valence-corrected chi connectivity index (χ3v) is 4.55. The Morgan fingerprint density at radius 2 is 2.00 bits per heavy atom. The second kappa shape index (κ2) is 5.19. The highest BCUT2D eigenvalue weighted by molar-refractivity contribution is 5.91. The minimum absolute atomic E-state index is 0.0926. The summed E-state index contributed by atoms with van der Waals surface area (Å²) in [6.45, 7) is 0.800. The van der Waals surface area contributed by atoms with Gasteiger partial charge in [-0.05, 0) is 37.7 Å². The molecule has 2 fully saturated rings. The number of carbonyl (C=O) groups is 1. The molecule has 0 spiro atoms. The Morgan fingerprint density at radius 3 is 2.74 bits per heavy atom. The number of pyridine rings is 1. The van der Waals surface area contributed by atoms with Gasteiger partial charge in [-0.25, -0.2) is 0 Å². The predicted octanol–water partition coefficient (Wildman–Crippen LogP) is 2.11. The summed E-state index contributed by atoms with van der Waals surface area (Å²) in [6.07, 6.45) is 8.61. The molecule has 0 radical (unpaired) electrons. The first kappa shape index (κ1) is 12.5. The van der Waals surface area contributed by atoms with Crippen LogP contribution in [-0.4, -0.2) is 23.4 Å². The zero-order chi connectivity index (χ0) is 13.2. The molecule has 4 nitrogen and oxygen atoms in total. The van der Waals surface area contributed by atoms with Crippen LogP contribution in [0.3, 0.4) is 0 Å². The summed E-state index contributed by atoms with van der Waals surface area (Å²) in [5.41, 5.74) is 0.257. The lowest BCUT2D eigenvalue weighted by atomic mass is 9.96. The van der Waals surface area contributed by atoms with Gasteiger partial charge < -0.3 is 10.1 Å². The molecule has 19 heavy (non-hydrogen) atoms. The van der Waals surface area contributed by atoms with E-state index in [9.17, 15) is 10.0 Å². The summed E-state index contributed by atoms with van der Waals surface area (Å²) >= 11 is 0. The van der Waals surface area contributed by atoms with Crippen molar-refractivity contribution in [2.45, 2.75) is 44.6 Å². The van der Waals surface area contributed by atoms with Gasteiger partial charge in [0.25, 0.3) is 5.69 Å². The van der Waals surface area contributed by atoms with Crippen LogP contribution in [0.15, 0.2) is 24.4 Å². The molecule has 2 heterocycles.